The lowest BCUT2D eigenvalue weighted by molar-refractivity contribution is 0.149. The van der Waals surface area contributed by atoms with Crippen molar-refractivity contribution in [2.45, 2.75) is 31.5 Å². The molecule has 135 valence electrons. The van der Waals surface area contributed by atoms with Crippen LogP contribution in [-0.4, -0.2) is 25.7 Å². The number of hydrogen-bond acceptors (Lipinski definition) is 4. The Morgan fingerprint density at radius 3 is 2.65 bits per heavy atom. The number of nitrogens with one attached hydrogen (secondary N) is 1. The van der Waals surface area contributed by atoms with Crippen LogP contribution in [0.1, 0.15) is 24.4 Å². The van der Waals surface area contributed by atoms with Gasteiger partial charge in [-0.3, -0.25) is 0 Å². The van der Waals surface area contributed by atoms with Crippen LogP contribution in [0.2, 0.25) is 10.0 Å². The van der Waals surface area contributed by atoms with Crippen LogP contribution < -0.4 is 5.32 Å². The number of fused-ring (bicyclic) bond motifs is 1. The number of halogens is 2. The maximum absolute atomic E-state index is 10.0. The number of anilines is 1. The summed E-state index contributed by atoms with van der Waals surface area (Å²) < 4.78 is 2.12. The minimum absolute atomic E-state index is 0.0597. The fourth-order valence-corrected chi connectivity index (χ4v) is 4.18. The van der Waals surface area contributed by atoms with E-state index in [2.05, 4.69) is 26.8 Å². The van der Waals surface area contributed by atoms with Crippen molar-refractivity contribution in [1.82, 2.24) is 14.5 Å². The Morgan fingerprint density at radius 2 is 1.96 bits per heavy atom. The van der Waals surface area contributed by atoms with E-state index in [1.165, 1.54) is 0 Å². The Bertz CT molecular complexity index is 912. The number of hydrogen-bond donors (Lipinski definition) is 2. The summed E-state index contributed by atoms with van der Waals surface area (Å²) in [6, 6.07) is 7.67. The average Bonchev–Trinajstić information content (AvgIpc) is 3.16. The highest BCUT2D eigenvalue weighted by molar-refractivity contribution is 6.34. The first-order valence-electron chi connectivity index (χ1n) is 8.53. The number of benzene rings is 1. The molecule has 0 unspecified atom stereocenters. The molecule has 5 nitrogen and oxygen atoms in total. The van der Waals surface area contributed by atoms with Gasteiger partial charge in [-0.1, -0.05) is 23.2 Å². The monoisotopic (exact) mass is 389 g/mol. The molecule has 4 rings (SSSR count). The van der Waals surface area contributed by atoms with Crippen molar-refractivity contribution >= 4 is 40.1 Å². The smallest absolute Gasteiger partial charge is 0.145 e. The summed E-state index contributed by atoms with van der Waals surface area (Å²) in [5.74, 6) is 0.819. The minimum atomic E-state index is -0.357. The van der Waals surface area contributed by atoms with Crippen LogP contribution in [0, 0.1) is 12.8 Å². The van der Waals surface area contributed by atoms with Crippen LogP contribution in [0.15, 0.2) is 36.8 Å². The third-order valence-corrected chi connectivity index (χ3v) is 5.35. The Balaban J connectivity index is 1.59. The highest BCUT2D eigenvalue weighted by Gasteiger charge is 2.31. The fourth-order valence-electron chi connectivity index (χ4n) is 3.61. The second kappa shape index (κ2) is 7.06. The molecule has 0 amide bonds. The summed E-state index contributed by atoms with van der Waals surface area (Å²) >= 11 is 12.1. The Kier molecular flexibility index (Phi) is 4.78. The van der Waals surface area contributed by atoms with Gasteiger partial charge < -0.3 is 15.0 Å². The molecule has 2 aromatic heterocycles. The second-order valence-electron chi connectivity index (χ2n) is 6.77. The summed E-state index contributed by atoms with van der Waals surface area (Å²) in [5.41, 5.74) is 1.84. The summed E-state index contributed by atoms with van der Waals surface area (Å²) in [6.45, 7) is 4.58. The molecule has 1 radical (unpaired) electrons. The molecule has 2 N–H and O–H groups in total. The molecule has 0 aliphatic heterocycles. The number of aliphatic hydroxyl groups is 1. The first kappa shape index (κ1) is 17.6. The van der Waals surface area contributed by atoms with Gasteiger partial charge >= 0.3 is 0 Å². The molecule has 3 aromatic rings. The summed E-state index contributed by atoms with van der Waals surface area (Å²) in [4.78, 5) is 8.82. The van der Waals surface area contributed by atoms with Crippen molar-refractivity contribution in [2.75, 3.05) is 5.32 Å². The molecule has 0 saturated heterocycles. The molecule has 2 heterocycles. The molecular weight excluding hydrogens is 371 g/mol. The Hall–Kier alpha value is -1.82. The lowest BCUT2D eigenvalue weighted by atomic mass is 10.1. The molecule has 3 atom stereocenters. The van der Waals surface area contributed by atoms with Crippen LogP contribution in [0.4, 0.5) is 5.82 Å². The van der Waals surface area contributed by atoms with Gasteiger partial charge in [0.15, 0.2) is 0 Å². The zero-order chi connectivity index (χ0) is 18.3. The van der Waals surface area contributed by atoms with E-state index in [4.69, 9.17) is 23.2 Å². The molecule has 1 aliphatic carbocycles. The molecule has 0 bridgehead atoms. The van der Waals surface area contributed by atoms with E-state index in [9.17, 15) is 5.11 Å². The second-order valence-corrected chi connectivity index (χ2v) is 7.64. The highest BCUT2D eigenvalue weighted by Crippen LogP contribution is 2.37. The van der Waals surface area contributed by atoms with Crippen LogP contribution >= 0.6 is 23.2 Å². The average molecular weight is 390 g/mol. The number of aromatic nitrogens is 3. The predicted molar refractivity (Wildman–Crippen MR) is 104 cm³/mol. The Morgan fingerprint density at radius 1 is 1.19 bits per heavy atom. The van der Waals surface area contributed by atoms with Crippen molar-refractivity contribution in [1.29, 1.82) is 0 Å². The van der Waals surface area contributed by atoms with Gasteiger partial charge in [-0.2, -0.15) is 0 Å². The SMILES string of the molecule is [CH2][C@H]1C[C@@H](n2ccc3c(NCc4cc(Cl)cc(Cl)c4)ncnc32)C[C@@H]1O. The maximum atomic E-state index is 10.0. The van der Waals surface area contributed by atoms with E-state index >= 15 is 0 Å². The van der Waals surface area contributed by atoms with Crippen molar-refractivity contribution in [2.24, 2.45) is 5.92 Å². The van der Waals surface area contributed by atoms with Gasteiger partial charge in [0.2, 0.25) is 0 Å². The molecular formula is C19H19Cl2N4O. The van der Waals surface area contributed by atoms with Crippen molar-refractivity contribution in [3.63, 3.8) is 0 Å². The zero-order valence-electron chi connectivity index (χ0n) is 14.1. The van der Waals surface area contributed by atoms with Crippen LogP contribution in [0.3, 0.4) is 0 Å². The van der Waals surface area contributed by atoms with E-state index < -0.39 is 0 Å². The molecule has 1 saturated carbocycles. The zero-order valence-corrected chi connectivity index (χ0v) is 15.6. The van der Waals surface area contributed by atoms with Crippen LogP contribution in [-0.2, 0) is 6.54 Å². The number of rotatable bonds is 4. The van der Waals surface area contributed by atoms with Crippen molar-refractivity contribution < 1.29 is 5.11 Å². The molecule has 0 spiro atoms. The quantitative estimate of drug-likeness (QED) is 0.689. The largest absolute Gasteiger partial charge is 0.393 e. The third-order valence-electron chi connectivity index (χ3n) is 4.92. The lowest BCUT2D eigenvalue weighted by Gasteiger charge is -2.13. The molecule has 1 aliphatic rings. The van der Waals surface area contributed by atoms with Crippen molar-refractivity contribution in [3.05, 3.63) is 59.3 Å². The highest BCUT2D eigenvalue weighted by atomic mass is 35.5. The van der Waals surface area contributed by atoms with Gasteiger partial charge in [-0.05, 0) is 55.5 Å². The lowest BCUT2D eigenvalue weighted by Crippen LogP contribution is -2.09. The fraction of sp³-hybridized carbons (Fsp3) is 0.316. The van der Waals surface area contributed by atoms with Gasteiger partial charge in [-0.25, -0.2) is 9.97 Å². The third kappa shape index (κ3) is 3.39. The molecule has 26 heavy (non-hydrogen) atoms. The van der Waals surface area contributed by atoms with Crippen molar-refractivity contribution in [3.8, 4) is 0 Å². The van der Waals surface area contributed by atoms with Gasteiger partial charge in [0, 0.05) is 28.8 Å². The van der Waals surface area contributed by atoms with Gasteiger partial charge in [0.25, 0.3) is 0 Å². The topological polar surface area (TPSA) is 63.0 Å². The van der Waals surface area contributed by atoms with E-state index in [1.807, 2.05) is 24.4 Å². The van der Waals surface area contributed by atoms with Crippen LogP contribution in [0.25, 0.3) is 11.0 Å². The number of aliphatic hydroxyl groups excluding tert-OH is 1. The molecule has 1 aromatic carbocycles. The normalized spacial score (nSPS) is 22.8. The Labute approximate surface area is 162 Å². The molecule has 1 fully saturated rings. The summed E-state index contributed by atoms with van der Waals surface area (Å²) in [7, 11) is 0. The predicted octanol–water partition coefficient (Wildman–Crippen LogP) is 4.50. The van der Waals surface area contributed by atoms with E-state index in [1.54, 1.807) is 12.4 Å². The van der Waals surface area contributed by atoms with Crippen LogP contribution in [0.5, 0.6) is 0 Å². The summed E-state index contributed by atoms with van der Waals surface area (Å²) in [6.07, 6.45) is 4.75. The van der Waals surface area contributed by atoms with E-state index in [-0.39, 0.29) is 18.1 Å². The standard InChI is InChI=1S/C19H19Cl2N4O/c1-11-4-15(8-17(11)26)25-3-2-16-18(23-10-24-19(16)25)22-9-12-5-13(20)7-14(21)6-12/h2-3,5-7,10-11,15,17,26H,1,4,8-9H2,(H,22,23,24)/t11-,15+,17-/m0/s1. The van der Waals surface area contributed by atoms with Gasteiger partial charge in [0.05, 0.1) is 11.5 Å². The van der Waals surface area contributed by atoms with Gasteiger partial charge in [0.1, 0.15) is 17.8 Å². The minimum Gasteiger partial charge on any atom is -0.393 e. The maximum Gasteiger partial charge on any atom is 0.145 e. The molecule has 7 heteroatoms. The van der Waals surface area contributed by atoms with E-state index in [0.717, 1.165) is 28.8 Å². The van der Waals surface area contributed by atoms with E-state index in [0.29, 0.717) is 23.0 Å². The number of nitrogens with zero attached hydrogens (tertiary/aromatic N) is 3. The summed E-state index contributed by atoms with van der Waals surface area (Å²) in [5, 5.41) is 15.5. The first-order valence-corrected chi connectivity index (χ1v) is 9.28. The first-order chi connectivity index (χ1) is 12.5. The van der Waals surface area contributed by atoms with Gasteiger partial charge in [-0.15, -0.1) is 0 Å².